The molecule has 1 amide bonds. The molecule has 0 atom stereocenters. The number of nitrogens with zero attached hydrogens (tertiary/aromatic N) is 2. The Kier molecular flexibility index (Phi) is 5.43. The lowest BCUT2D eigenvalue weighted by molar-refractivity contribution is 0.0950. The zero-order valence-corrected chi connectivity index (χ0v) is 15.5. The maximum absolute atomic E-state index is 12.3. The number of anilines is 1. The Balaban J connectivity index is 1.69. The van der Waals surface area contributed by atoms with Crippen LogP contribution >= 0.6 is 11.3 Å². The summed E-state index contributed by atoms with van der Waals surface area (Å²) in [6, 6.07) is 15.5. The highest BCUT2D eigenvalue weighted by Gasteiger charge is 2.11. The number of aromatic nitrogens is 1. The van der Waals surface area contributed by atoms with E-state index in [0.717, 1.165) is 22.6 Å². The molecule has 0 radical (unpaired) electrons. The van der Waals surface area contributed by atoms with E-state index in [1.165, 1.54) is 16.9 Å². The summed E-state index contributed by atoms with van der Waals surface area (Å²) in [7, 11) is 0. The zero-order valence-electron chi connectivity index (χ0n) is 14.7. The van der Waals surface area contributed by atoms with Crippen LogP contribution in [0.25, 0.3) is 10.6 Å². The maximum Gasteiger partial charge on any atom is 0.290 e. The number of benzene rings is 2. The summed E-state index contributed by atoms with van der Waals surface area (Å²) < 4.78 is 0. The number of amides is 1. The molecule has 1 aromatic heterocycles. The van der Waals surface area contributed by atoms with Crippen molar-refractivity contribution < 1.29 is 4.79 Å². The molecular formula is C20H20N4OS. The highest BCUT2D eigenvalue weighted by molar-refractivity contribution is 7.13. The number of nitrogens with one attached hydrogen (secondary N) is 1. The average molecular weight is 364 g/mol. The van der Waals surface area contributed by atoms with Crippen molar-refractivity contribution in [1.29, 1.82) is 0 Å². The van der Waals surface area contributed by atoms with Crippen molar-refractivity contribution >= 4 is 28.6 Å². The second kappa shape index (κ2) is 7.93. The highest BCUT2D eigenvalue weighted by Crippen LogP contribution is 2.24. The molecule has 0 fully saturated rings. The summed E-state index contributed by atoms with van der Waals surface area (Å²) in [6.45, 7) is 3.95. The normalized spacial score (nSPS) is 11.4. The van der Waals surface area contributed by atoms with Gasteiger partial charge in [0, 0.05) is 16.6 Å². The van der Waals surface area contributed by atoms with Crippen LogP contribution in [0.15, 0.2) is 59.0 Å². The van der Waals surface area contributed by atoms with E-state index in [9.17, 15) is 4.79 Å². The Morgan fingerprint density at radius 1 is 1.15 bits per heavy atom. The third-order valence-corrected chi connectivity index (χ3v) is 4.89. The second-order valence-electron chi connectivity index (χ2n) is 5.85. The van der Waals surface area contributed by atoms with Crippen molar-refractivity contribution in [2.45, 2.75) is 20.3 Å². The van der Waals surface area contributed by atoms with Crippen LogP contribution in [0.5, 0.6) is 0 Å². The Hall–Kier alpha value is -2.99. The van der Waals surface area contributed by atoms with Gasteiger partial charge in [-0.05, 0) is 36.6 Å². The predicted molar refractivity (Wildman–Crippen MR) is 107 cm³/mol. The number of aryl methyl sites for hydroxylation is 1. The van der Waals surface area contributed by atoms with Gasteiger partial charge in [-0.3, -0.25) is 4.79 Å². The fourth-order valence-electron chi connectivity index (χ4n) is 2.37. The van der Waals surface area contributed by atoms with E-state index in [4.69, 9.17) is 5.73 Å². The molecule has 0 aliphatic heterocycles. The summed E-state index contributed by atoms with van der Waals surface area (Å²) in [5.41, 5.74) is 13.2. The first kappa shape index (κ1) is 17.8. The molecule has 3 rings (SSSR count). The molecular weight excluding hydrogens is 344 g/mol. The maximum atomic E-state index is 12.3. The Labute approximate surface area is 156 Å². The van der Waals surface area contributed by atoms with Crippen LogP contribution in [0, 0.1) is 0 Å². The number of nitrogens with two attached hydrogens (primary N) is 1. The third-order valence-electron chi connectivity index (χ3n) is 4.00. The van der Waals surface area contributed by atoms with Gasteiger partial charge >= 0.3 is 0 Å². The number of hydrogen-bond acceptors (Lipinski definition) is 5. The van der Waals surface area contributed by atoms with Gasteiger partial charge < -0.3 is 5.73 Å². The fraction of sp³-hybridized carbons (Fsp3) is 0.150. The average Bonchev–Trinajstić information content (AvgIpc) is 3.17. The Morgan fingerprint density at radius 3 is 2.50 bits per heavy atom. The molecule has 0 spiro atoms. The van der Waals surface area contributed by atoms with E-state index in [1.54, 1.807) is 17.5 Å². The molecule has 1 heterocycles. The molecule has 5 nitrogen and oxygen atoms in total. The Bertz CT molecular complexity index is 927. The van der Waals surface area contributed by atoms with Gasteiger partial charge in [-0.25, -0.2) is 10.4 Å². The van der Waals surface area contributed by atoms with E-state index < -0.39 is 0 Å². The number of hydrazone groups is 1. The van der Waals surface area contributed by atoms with Gasteiger partial charge in [-0.1, -0.05) is 43.3 Å². The summed E-state index contributed by atoms with van der Waals surface area (Å²) in [5, 5.41) is 6.71. The number of nitrogen functional groups attached to an aromatic ring is 1. The molecule has 3 N–H and O–H groups in total. The molecule has 132 valence electrons. The summed E-state index contributed by atoms with van der Waals surface area (Å²) in [5.74, 6) is -0.326. The molecule has 3 aromatic rings. The van der Waals surface area contributed by atoms with Gasteiger partial charge in [-0.15, -0.1) is 11.3 Å². The molecule has 6 heteroatoms. The number of hydrogen-bond donors (Lipinski definition) is 2. The van der Waals surface area contributed by atoms with Crippen molar-refractivity contribution in [2.75, 3.05) is 5.73 Å². The first-order chi connectivity index (χ1) is 12.6. The largest absolute Gasteiger partial charge is 0.399 e. The molecule has 0 aliphatic carbocycles. The van der Waals surface area contributed by atoms with Crippen LogP contribution in [0.3, 0.4) is 0 Å². The van der Waals surface area contributed by atoms with Gasteiger partial charge in [-0.2, -0.15) is 5.10 Å². The minimum Gasteiger partial charge on any atom is -0.399 e. The minimum absolute atomic E-state index is 0.326. The molecule has 0 saturated heterocycles. The van der Waals surface area contributed by atoms with Crippen molar-refractivity contribution in [1.82, 2.24) is 10.4 Å². The van der Waals surface area contributed by atoms with Crippen LogP contribution < -0.4 is 11.2 Å². The minimum atomic E-state index is -0.326. The fourth-order valence-corrected chi connectivity index (χ4v) is 3.18. The van der Waals surface area contributed by atoms with Gasteiger partial charge in [0.1, 0.15) is 10.7 Å². The van der Waals surface area contributed by atoms with E-state index in [0.29, 0.717) is 17.1 Å². The molecule has 0 unspecified atom stereocenters. The lowest BCUT2D eigenvalue weighted by atomic mass is 10.1. The van der Waals surface area contributed by atoms with Gasteiger partial charge in [0.15, 0.2) is 0 Å². The topological polar surface area (TPSA) is 80.4 Å². The standard InChI is InChI=1S/C20H20N4OS/c1-3-14-4-6-16(7-5-14)20-22-18(12-26-20)19(25)24-23-13(2)15-8-10-17(21)11-9-15/h4-12H,3,21H2,1-2H3,(H,24,25)/b23-13-. The summed E-state index contributed by atoms with van der Waals surface area (Å²) in [6.07, 6.45) is 0.997. The van der Waals surface area contributed by atoms with Crippen molar-refractivity contribution in [3.63, 3.8) is 0 Å². The highest BCUT2D eigenvalue weighted by atomic mass is 32.1. The van der Waals surface area contributed by atoms with Crippen molar-refractivity contribution in [3.8, 4) is 10.6 Å². The van der Waals surface area contributed by atoms with Gasteiger partial charge in [0.2, 0.25) is 0 Å². The summed E-state index contributed by atoms with van der Waals surface area (Å²) >= 11 is 1.44. The van der Waals surface area contributed by atoms with Crippen LogP contribution in [-0.4, -0.2) is 16.6 Å². The zero-order chi connectivity index (χ0) is 18.5. The van der Waals surface area contributed by atoms with E-state index in [-0.39, 0.29) is 5.91 Å². The van der Waals surface area contributed by atoms with Gasteiger partial charge in [0.25, 0.3) is 5.91 Å². The number of carbonyl (C=O) groups excluding carboxylic acids is 1. The first-order valence-electron chi connectivity index (χ1n) is 8.32. The summed E-state index contributed by atoms with van der Waals surface area (Å²) in [4.78, 5) is 16.7. The van der Waals surface area contributed by atoms with Gasteiger partial charge in [0.05, 0.1) is 5.71 Å². The molecule has 0 saturated carbocycles. The molecule has 26 heavy (non-hydrogen) atoms. The number of rotatable bonds is 5. The van der Waals surface area contributed by atoms with Crippen LogP contribution in [0.1, 0.15) is 35.5 Å². The molecule has 2 aromatic carbocycles. The monoisotopic (exact) mass is 364 g/mol. The van der Waals surface area contributed by atoms with Crippen LogP contribution in [0.2, 0.25) is 0 Å². The van der Waals surface area contributed by atoms with E-state index >= 15 is 0 Å². The van der Waals surface area contributed by atoms with Crippen molar-refractivity contribution in [2.24, 2.45) is 5.10 Å². The lowest BCUT2D eigenvalue weighted by Gasteiger charge is -2.02. The van der Waals surface area contributed by atoms with Crippen LogP contribution in [0.4, 0.5) is 5.69 Å². The lowest BCUT2D eigenvalue weighted by Crippen LogP contribution is -2.19. The number of thiazole rings is 1. The van der Waals surface area contributed by atoms with E-state index in [1.807, 2.05) is 31.2 Å². The number of carbonyl (C=O) groups is 1. The quantitative estimate of drug-likeness (QED) is 0.406. The second-order valence-corrected chi connectivity index (χ2v) is 6.71. The first-order valence-corrected chi connectivity index (χ1v) is 9.20. The molecule has 0 aliphatic rings. The Morgan fingerprint density at radius 2 is 1.85 bits per heavy atom. The molecule has 0 bridgehead atoms. The SMILES string of the molecule is CCc1ccc(-c2nc(C(=O)N/N=C(/C)c3ccc(N)cc3)cs2)cc1. The van der Waals surface area contributed by atoms with Crippen molar-refractivity contribution in [3.05, 3.63) is 70.7 Å². The van der Waals surface area contributed by atoms with Crippen LogP contribution in [-0.2, 0) is 6.42 Å². The third kappa shape index (κ3) is 4.15. The predicted octanol–water partition coefficient (Wildman–Crippen LogP) is 4.11. The van der Waals surface area contributed by atoms with E-state index in [2.05, 4.69) is 34.6 Å². The smallest absolute Gasteiger partial charge is 0.290 e.